The number of amides is 2. The van der Waals surface area contributed by atoms with E-state index in [-0.39, 0.29) is 0 Å². The van der Waals surface area contributed by atoms with Crippen molar-refractivity contribution in [3.05, 3.63) is 23.8 Å². The number of likely N-dealkylation sites (N-methyl/N-ethyl adjacent to an activating group) is 1. The van der Waals surface area contributed by atoms with Crippen molar-refractivity contribution in [2.75, 3.05) is 19.0 Å². The molecule has 0 fully saturated rings. The second-order valence-corrected chi connectivity index (χ2v) is 3.52. The van der Waals surface area contributed by atoms with E-state index in [2.05, 4.69) is 10.6 Å². The Balaban J connectivity index is 2.83. The molecule has 0 saturated carbocycles. The number of rotatable bonds is 3. The van der Waals surface area contributed by atoms with Gasteiger partial charge in [0.25, 0.3) is 0 Å². The Morgan fingerprint density at radius 1 is 1.29 bits per heavy atom. The first-order valence-corrected chi connectivity index (χ1v) is 5.32. The molecule has 0 spiro atoms. The molecular formula is C12H16N2O3. The van der Waals surface area contributed by atoms with Gasteiger partial charge >= 0.3 is 11.8 Å². The average molecular weight is 236 g/mol. The molecule has 0 aliphatic rings. The fourth-order valence-corrected chi connectivity index (χ4v) is 1.34. The van der Waals surface area contributed by atoms with Crippen LogP contribution in [-0.4, -0.2) is 25.5 Å². The summed E-state index contributed by atoms with van der Waals surface area (Å²) < 4.78 is 5.09. The molecule has 0 aliphatic carbocycles. The number of hydrogen-bond donors (Lipinski definition) is 2. The van der Waals surface area contributed by atoms with Crippen molar-refractivity contribution in [3.63, 3.8) is 0 Å². The molecule has 2 amide bonds. The molecule has 1 aromatic rings. The molecule has 0 radical (unpaired) electrons. The highest BCUT2D eigenvalue weighted by Crippen LogP contribution is 2.24. The number of methoxy groups -OCH3 is 1. The third kappa shape index (κ3) is 3.48. The van der Waals surface area contributed by atoms with Gasteiger partial charge in [-0.3, -0.25) is 9.59 Å². The summed E-state index contributed by atoms with van der Waals surface area (Å²) in [5, 5.41) is 4.94. The highest BCUT2D eigenvalue weighted by atomic mass is 16.5. The van der Waals surface area contributed by atoms with E-state index in [1.165, 1.54) is 7.11 Å². The van der Waals surface area contributed by atoms with E-state index in [0.29, 0.717) is 18.0 Å². The van der Waals surface area contributed by atoms with E-state index < -0.39 is 11.8 Å². The van der Waals surface area contributed by atoms with Gasteiger partial charge in [0.2, 0.25) is 0 Å². The van der Waals surface area contributed by atoms with Gasteiger partial charge in [-0.25, -0.2) is 0 Å². The van der Waals surface area contributed by atoms with Gasteiger partial charge in [-0.05, 0) is 31.5 Å². The molecule has 1 rings (SSSR count). The molecule has 0 aliphatic heterocycles. The lowest BCUT2D eigenvalue weighted by atomic mass is 10.2. The number of nitrogens with one attached hydrogen (secondary N) is 2. The molecule has 0 atom stereocenters. The second-order valence-electron chi connectivity index (χ2n) is 3.52. The summed E-state index contributed by atoms with van der Waals surface area (Å²) in [7, 11) is 1.51. The highest BCUT2D eigenvalue weighted by molar-refractivity contribution is 6.39. The molecule has 0 saturated heterocycles. The quantitative estimate of drug-likeness (QED) is 0.772. The lowest BCUT2D eigenvalue weighted by Gasteiger charge is -2.10. The van der Waals surface area contributed by atoms with Crippen molar-refractivity contribution in [1.29, 1.82) is 0 Å². The van der Waals surface area contributed by atoms with Crippen LogP contribution in [0.25, 0.3) is 0 Å². The predicted molar refractivity (Wildman–Crippen MR) is 65.0 cm³/mol. The normalized spacial score (nSPS) is 9.59. The molecule has 17 heavy (non-hydrogen) atoms. The largest absolute Gasteiger partial charge is 0.495 e. The SMILES string of the molecule is CCNC(=O)C(=O)Nc1cc(C)ccc1OC. The van der Waals surface area contributed by atoms with Crippen LogP contribution in [-0.2, 0) is 9.59 Å². The maximum absolute atomic E-state index is 11.5. The summed E-state index contributed by atoms with van der Waals surface area (Å²) in [6.07, 6.45) is 0. The zero-order valence-corrected chi connectivity index (χ0v) is 10.2. The number of carbonyl (C=O) groups is 2. The van der Waals surface area contributed by atoms with Crippen LogP contribution in [0.5, 0.6) is 5.75 Å². The highest BCUT2D eigenvalue weighted by Gasteiger charge is 2.14. The van der Waals surface area contributed by atoms with E-state index in [1.807, 2.05) is 13.0 Å². The summed E-state index contributed by atoms with van der Waals surface area (Å²) >= 11 is 0. The van der Waals surface area contributed by atoms with E-state index in [9.17, 15) is 9.59 Å². The van der Waals surface area contributed by atoms with E-state index in [1.54, 1.807) is 19.1 Å². The Bertz CT molecular complexity index is 430. The van der Waals surface area contributed by atoms with Crippen molar-refractivity contribution in [2.45, 2.75) is 13.8 Å². The number of aryl methyl sites for hydroxylation is 1. The number of anilines is 1. The molecule has 1 aromatic carbocycles. The number of ether oxygens (including phenoxy) is 1. The van der Waals surface area contributed by atoms with Gasteiger partial charge in [-0.2, -0.15) is 0 Å². The smallest absolute Gasteiger partial charge is 0.313 e. The third-order valence-corrected chi connectivity index (χ3v) is 2.15. The zero-order chi connectivity index (χ0) is 12.8. The van der Waals surface area contributed by atoms with Gasteiger partial charge in [0.1, 0.15) is 5.75 Å². The van der Waals surface area contributed by atoms with E-state index in [4.69, 9.17) is 4.74 Å². The van der Waals surface area contributed by atoms with Crippen LogP contribution < -0.4 is 15.4 Å². The minimum atomic E-state index is -0.698. The predicted octanol–water partition coefficient (Wildman–Crippen LogP) is 1.08. The Hall–Kier alpha value is -2.04. The van der Waals surface area contributed by atoms with Gasteiger partial charge in [-0.1, -0.05) is 6.07 Å². The lowest BCUT2D eigenvalue weighted by molar-refractivity contribution is -0.136. The zero-order valence-electron chi connectivity index (χ0n) is 10.2. The average Bonchev–Trinajstić information content (AvgIpc) is 2.29. The molecule has 0 aromatic heterocycles. The summed E-state index contributed by atoms with van der Waals surface area (Å²) in [6, 6.07) is 5.35. The first kappa shape index (κ1) is 13.0. The molecule has 5 heteroatoms. The van der Waals surface area contributed by atoms with Crippen LogP contribution in [0.4, 0.5) is 5.69 Å². The number of hydrogen-bond acceptors (Lipinski definition) is 3. The third-order valence-electron chi connectivity index (χ3n) is 2.15. The lowest BCUT2D eigenvalue weighted by Crippen LogP contribution is -2.35. The Morgan fingerprint density at radius 2 is 2.00 bits per heavy atom. The first-order chi connectivity index (χ1) is 8.08. The van der Waals surface area contributed by atoms with Crippen LogP contribution in [0.1, 0.15) is 12.5 Å². The minimum absolute atomic E-state index is 0.414. The fraction of sp³-hybridized carbons (Fsp3) is 0.333. The van der Waals surface area contributed by atoms with Gasteiger partial charge in [0.15, 0.2) is 0 Å². The summed E-state index contributed by atoms with van der Waals surface area (Å²) in [4.78, 5) is 22.8. The van der Waals surface area contributed by atoms with Crippen molar-refractivity contribution >= 4 is 17.5 Å². The van der Waals surface area contributed by atoms with Gasteiger partial charge < -0.3 is 15.4 Å². The van der Waals surface area contributed by atoms with E-state index in [0.717, 1.165) is 5.56 Å². The molecule has 0 unspecified atom stereocenters. The monoisotopic (exact) mass is 236 g/mol. The van der Waals surface area contributed by atoms with Gasteiger partial charge in [-0.15, -0.1) is 0 Å². The summed E-state index contributed by atoms with van der Waals surface area (Å²) in [5.74, 6) is -0.833. The van der Waals surface area contributed by atoms with Crippen molar-refractivity contribution in [3.8, 4) is 5.75 Å². The Labute approximate surface area is 100 Å². The standard InChI is InChI=1S/C12H16N2O3/c1-4-13-11(15)12(16)14-9-7-8(2)5-6-10(9)17-3/h5-7H,4H2,1-3H3,(H,13,15)(H,14,16). The topological polar surface area (TPSA) is 67.4 Å². The molecule has 2 N–H and O–H groups in total. The minimum Gasteiger partial charge on any atom is -0.495 e. The van der Waals surface area contributed by atoms with Crippen LogP contribution in [0.2, 0.25) is 0 Å². The van der Waals surface area contributed by atoms with Crippen LogP contribution in [0.3, 0.4) is 0 Å². The van der Waals surface area contributed by atoms with Crippen molar-refractivity contribution in [2.24, 2.45) is 0 Å². The van der Waals surface area contributed by atoms with Crippen LogP contribution >= 0.6 is 0 Å². The molecule has 0 heterocycles. The second kappa shape index (κ2) is 5.89. The molecular weight excluding hydrogens is 220 g/mol. The fourth-order valence-electron chi connectivity index (χ4n) is 1.34. The van der Waals surface area contributed by atoms with E-state index >= 15 is 0 Å². The van der Waals surface area contributed by atoms with Gasteiger partial charge in [0, 0.05) is 6.54 Å². The van der Waals surface area contributed by atoms with Crippen LogP contribution in [0, 0.1) is 6.92 Å². The Morgan fingerprint density at radius 3 is 2.59 bits per heavy atom. The van der Waals surface area contributed by atoms with Gasteiger partial charge in [0.05, 0.1) is 12.8 Å². The van der Waals surface area contributed by atoms with Crippen molar-refractivity contribution in [1.82, 2.24) is 5.32 Å². The molecule has 5 nitrogen and oxygen atoms in total. The van der Waals surface area contributed by atoms with Crippen LogP contribution in [0.15, 0.2) is 18.2 Å². The molecule has 92 valence electrons. The maximum Gasteiger partial charge on any atom is 0.313 e. The summed E-state index contributed by atoms with van der Waals surface area (Å²) in [5.41, 5.74) is 1.46. The Kier molecular flexibility index (Phi) is 4.51. The number of carbonyl (C=O) groups excluding carboxylic acids is 2. The molecule has 0 bridgehead atoms. The first-order valence-electron chi connectivity index (χ1n) is 5.32. The number of benzene rings is 1. The maximum atomic E-state index is 11.5. The van der Waals surface area contributed by atoms with Crippen molar-refractivity contribution < 1.29 is 14.3 Å². The summed E-state index contributed by atoms with van der Waals surface area (Å²) in [6.45, 7) is 4.05.